The molecular weight excluding hydrogens is 216 g/mol. The summed E-state index contributed by atoms with van der Waals surface area (Å²) in [4.78, 5) is 13.8. The van der Waals surface area contributed by atoms with Gasteiger partial charge in [0, 0.05) is 13.1 Å². The Morgan fingerprint density at radius 3 is 2.88 bits per heavy atom. The number of carbonyl (C=O) groups is 1. The fraction of sp³-hybridized carbons (Fsp3) is 0.923. The topological polar surface area (TPSA) is 41.6 Å². The van der Waals surface area contributed by atoms with E-state index in [1.165, 1.54) is 20.0 Å². The van der Waals surface area contributed by atoms with Gasteiger partial charge in [0.1, 0.15) is 0 Å². The standard InChI is InChI=1S/C13H26N2O2/c1-4-15(9-11(2)13(16)17-3)10-12-6-5-7-14-8-12/h11-12,14H,4-10H2,1-3H3. The smallest absolute Gasteiger partial charge is 0.309 e. The second-order valence-electron chi connectivity index (χ2n) is 4.99. The summed E-state index contributed by atoms with van der Waals surface area (Å²) in [6, 6.07) is 0. The van der Waals surface area contributed by atoms with Gasteiger partial charge in [0.25, 0.3) is 0 Å². The van der Waals surface area contributed by atoms with Gasteiger partial charge in [-0.15, -0.1) is 0 Å². The first kappa shape index (κ1) is 14.5. The fourth-order valence-electron chi connectivity index (χ4n) is 2.44. The molecule has 0 aromatic heterocycles. The summed E-state index contributed by atoms with van der Waals surface area (Å²) in [5.74, 6) is 0.593. The zero-order valence-corrected chi connectivity index (χ0v) is 11.4. The lowest BCUT2D eigenvalue weighted by Crippen LogP contribution is -2.40. The lowest BCUT2D eigenvalue weighted by molar-refractivity contribution is -0.145. The summed E-state index contributed by atoms with van der Waals surface area (Å²) in [5.41, 5.74) is 0. The minimum Gasteiger partial charge on any atom is -0.469 e. The molecule has 0 bridgehead atoms. The van der Waals surface area contributed by atoms with Crippen molar-refractivity contribution in [3.63, 3.8) is 0 Å². The molecule has 1 saturated heterocycles. The van der Waals surface area contributed by atoms with Crippen molar-refractivity contribution in [1.82, 2.24) is 10.2 Å². The molecule has 100 valence electrons. The van der Waals surface area contributed by atoms with Crippen molar-refractivity contribution in [3.8, 4) is 0 Å². The molecule has 17 heavy (non-hydrogen) atoms. The van der Waals surface area contributed by atoms with Gasteiger partial charge in [-0.05, 0) is 38.4 Å². The molecule has 2 atom stereocenters. The van der Waals surface area contributed by atoms with Crippen LogP contribution in [0.3, 0.4) is 0 Å². The second-order valence-corrected chi connectivity index (χ2v) is 4.99. The average Bonchev–Trinajstić information content (AvgIpc) is 2.38. The summed E-state index contributed by atoms with van der Waals surface area (Å²) in [7, 11) is 1.46. The van der Waals surface area contributed by atoms with Crippen molar-refractivity contribution in [3.05, 3.63) is 0 Å². The third-order valence-electron chi connectivity index (χ3n) is 3.50. The van der Waals surface area contributed by atoms with Crippen molar-refractivity contribution < 1.29 is 9.53 Å². The van der Waals surface area contributed by atoms with E-state index in [2.05, 4.69) is 17.1 Å². The Kier molecular flexibility index (Phi) is 6.52. The van der Waals surface area contributed by atoms with Gasteiger partial charge >= 0.3 is 5.97 Å². The van der Waals surface area contributed by atoms with Gasteiger partial charge in [0.15, 0.2) is 0 Å². The number of methoxy groups -OCH3 is 1. The van der Waals surface area contributed by atoms with E-state index in [0.29, 0.717) is 0 Å². The van der Waals surface area contributed by atoms with E-state index in [1.807, 2.05) is 6.92 Å². The van der Waals surface area contributed by atoms with Crippen LogP contribution in [-0.2, 0) is 9.53 Å². The second kappa shape index (κ2) is 7.67. The van der Waals surface area contributed by atoms with Gasteiger partial charge in [-0.25, -0.2) is 0 Å². The highest BCUT2D eigenvalue weighted by molar-refractivity contribution is 5.72. The van der Waals surface area contributed by atoms with Crippen molar-refractivity contribution in [2.75, 3.05) is 39.8 Å². The molecule has 4 nitrogen and oxygen atoms in total. The Morgan fingerprint density at radius 1 is 1.59 bits per heavy atom. The molecule has 0 aliphatic carbocycles. The number of piperidine rings is 1. The molecule has 0 amide bonds. The molecule has 2 unspecified atom stereocenters. The van der Waals surface area contributed by atoms with Gasteiger partial charge in [-0.2, -0.15) is 0 Å². The Balaban J connectivity index is 2.34. The van der Waals surface area contributed by atoms with Crippen molar-refractivity contribution >= 4 is 5.97 Å². The molecule has 4 heteroatoms. The third-order valence-corrected chi connectivity index (χ3v) is 3.50. The van der Waals surface area contributed by atoms with Crippen LogP contribution in [0.2, 0.25) is 0 Å². The van der Waals surface area contributed by atoms with Gasteiger partial charge in [-0.1, -0.05) is 13.8 Å². The fourth-order valence-corrected chi connectivity index (χ4v) is 2.44. The average molecular weight is 242 g/mol. The number of hydrogen-bond acceptors (Lipinski definition) is 4. The van der Waals surface area contributed by atoms with Crippen molar-refractivity contribution in [2.45, 2.75) is 26.7 Å². The highest BCUT2D eigenvalue weighted by Gasteiger charge is 2.20. The number of ether oxygens (including phenoxy) is 1. The number of carbonyl (C=O) groups excluding carboxylic acids is 1. The van der Waals surface area contributed by atoms with Crippen LogP contribution >= 0.6 is 0 Å². The van der Waals surface area contributed by atoms with E-state index in [-0.39, 0.29) is 11.9 Å². The molecule has 0 spiro atoms. The molecule has 1 aliphatic heterocycles. The van der Waals surface area contributed by atoms with Gasteiger partial charge in [0.2, 0.25) is 0 Å². The maximum absolute atomic E-state index is 11.4. The largest absolute Gasteiger partial charge is 0.469 e. The van der Waals surface area contributed by atoms with E-state index in [4.69, 9.17) is 4.74 Å². The predicted molar refractivity (Wildman–Crippen MR) is 68.9 cm³/mol. The normalized spacial score (nSPS) is 22.5. The van der Waals surface area contributed by atoms with Crippen LogP contribution in [0, 0.1) is 11.8 Å². The molecule has 1 rings (SSSR count). The van der Waals surface area contributed by atoms with Crippen LogP contribution in [0.15, 0.2) is 0 Å². The number of nitrogens with zero attached hydrogens (tertiary/aromatic N) is 1. The molecule has 1 heterocycles. The first-order valence-corrected chi connectivity index (χ1v) is 6.68. The van der Waals surface area contributed by atoms with Crippen molar-refractivity contribution in [2.24, 2.45) is 11.8 Å². The summed E-state index contributed by atoms with van der Waals surface area (Å²) in [6.07, 6.45) is 2.57. The minimum absolute atomic E-state index is 0.0310. The maximum Gasteiger partial charge on any atom is 0.309 e. The Morgan fingerprint density at radius 2 is 2.35 bits per heavy atom. The number of hydrogen-bond donors (Lipinski definition) is 1. The quantitative estimate of drug-likeness (QED) is 0.709. The van der Waals surface area contributed by atoms with Crippen molar-refractivity contribution in [1.29, 1.82) is 0 Å². The third kappa shape index (κ3) is 5.04. The number of rotatable bonds is 6. The Labute approximate surface area is 105 Å². The molecule has 0 aromatic rings. The highest BCUT2D eigenvalue weighted by Crippen LogP contribution is 2.13. The zero-order chi connectivity index (χ0) is 12.7. The molecule has 0 saturated carbocycles. The molecule has 0 aromatic carbocycles. The summed E-state index contributed by atoms with van der Waals surface area (Å²) in [6.45, 7) is 9.25. The SMILES string of the molecule is CCN(CC1CCCNC1)CC(C)C(=O)OC. The lowest BCUT2D eigenvalue weighted by Gasteiger charge is -2.30. The predicted octanol–water partition coefficient (Wildman–Crippen LogP) is 1.12. The Hall–Kier alpha value is -0.610. The van der Waals surface area contributed by atoms with Crippen LogP contribution in [-0.4, -0.2) is 50.7 Å². The van der Waals surface area contributed by atoms with Crippen LogP contribution in [0.1, 0.15) is 26.7 Å². The number of nitrogens with one attached hydrogen (secondary N) is 1. The van der Waals surface area contributed by atoms with E-state index >= 15 is 0 Å². The van der Waals surface area contributed by atoms with E-state index < -0.39 is 0 Å². The van der Waals surface area contributed by atoms with Gasteiger partial charge < -0.3 is 15.0 Å². The van der Waals surface area contributed by atoms with E-state index in [1.54, 1.807) is 0 Å². The van der Waals surface area contributed by atoms with Gasteiger partial charge in [0.05, 0.1) is 13.0 Å². The van der Waals surface area contributed by atoms with Crippen LogP contribution in [0.5, 0.6) is 0 Å². The van der Waals surface area contributed by atoms with Crippen LogP contribution in [0.4, 0.5) is 0 Å². The molecule has 1 fully saturated rings. The highest BCUT2D eigenvalue weighted by atomic mass is 16.5. The van der Waals surface area contributed by atoms with Crippen LogP contribution < -0.4 is 5.32 Å². The summed E-state index contributed by atoms with van der Waals surface area (Å²) in [5, 5.41) is 3.43. The number of esters is 1. The van der Waals surface area contributed by atoms with Crippen LogP contribution in [0.25, 0.3) is 0 Å². The Bertz CT molecular complexity index is 227. The first-order chi connectivity index (χ1) is 8.17. The summed E-state index contributed by atoms with van der Waals surface area (Å²) < 4.78 is 4.77. The molecule has 1 N–H and O–H groups in total. The lowest BCUT2D eigenvalue weighted by atomic mass is 9.98. The maximum atomic E-state index is 11.4. The summed E-state index contributed by atoms with van der Waals surface area (Å²) >= 11 is 0. The van der Waals surface area contributed by atoms with Gasteiger partial charge in [-0.3, -0.25) is 4.79 Å². The first-order valence-electron chi connectivity index (χ1n) is 6.68. The van der Waals surface area contributed by atoms with E-state index in [0.717, 1.165) is 38.6 Å². The molecule has 1 aliphatic rings. The monoisotopic (exact) mass is 242 g/mol. The molecule has 0 radical (unpaired) electrons. The zero-order valence-electron chi connectivity index (χ0n) is 11.4. The molecular formula is C13H26N2O2. The minimum atomic E-state index is -0.106. The van der Waals surface area contributed by atoms with E-state index in [9.17, 15) is 4.79 Å².